The second kappa shape index (κ2) is 11.3. The van der Waals surface area contributed by atoms with Crippen molar-refractivity contribution in [2.45, 2.75) is 30.8 Å². The Balaban J connectivity index is 1.12. The van der Waals surface area contributed by atoms with Gasteiger partial charge in [0, 0.05) is 11.0 Å². The molecular weight excluding hydrogens is 631 g/mol. The van der Waals surface area contributed by atoms with Crippen LogP contribution in [0, 0.1) is 11.3 Å². The van der Waals surface area contributed by atoms with E-state index in [1.165, 1.54) is 61.2 Å². The number of nitriles is 1. The van der Waals surface area contributed by atoms with Gasteiger partial charge < -0.3 is 0 Å². The van der Waals surface area contributed by atoms with Crippen molar-refractivity contribution in [2.24, 2.45) is 0 Å². The summed E-state index contributed by atoms with van der Waals surface area (Å²) < 4.78 is 2.35. The summed E-state index contributed by atoms with van der Waals surface area (Å²) in [6.45, 7) is 4.74. The van der Waals surface area contributed by atoms with Gasteiger partial charge in [0.25, 0.3) is 12.0 Å². The molecule has 1 aliphatic heterocycles. The monoisotopic (exact) mass is 666 g/mol. The minimum atomic E-state index is -0.415. The van der Waals surface area contributed by atoms with Gasteiger partial charge in [-0.1, -0.05) is 141 Å². The largest absolute Gasteiger partial charge is 0.289 e. The van der Waals surface area contributed by atoms with E-state index in [9.17, 15) is 5.26 Å². The smallest absolute Gasteiger partial charge is 0.229 e. The predicted octanol–water partition coefficient (Wildman–Crippen LogP) is 10.6. The molecule has 0 aromatic heterocycles. The Morgan fingerprint density at radius 3 is 1.71 bits per heavy atom. The lowest BCUT2D eigenvalue weighted by atomic mass is 9.55. The van der Waals surface area contributed by atoms with Gasteiger partial charge in [-0.2, -0.15) is 9.84 Å². The number of nitrogens with zero attached hydrogens (tertiary/aromatic N) is 2. The van der Waals surface area contributed by atoms with E-state index in [-0.39, 0.29) is 11.6 Å². The molecule has 1 spiro atoms. The van der Waals surface area contributed by atoms with E-state index in [1.807, 2.05) is 24.3 Å². The second-order valence-electron chi connectivity index (χ2n) is 14.7. The molecule has 3 aliphatic rings. The Hall–Kier alpha value is -6.50. The van der Waals surface area contributed by atoms with E-state index >= 15 is 0 Å². The van der Waals surface area contributed by atoms with Crippen LogP contribution in [0.5, 0.6) is 0 Å². The number of fused-ring (bicyclic) bond motifs is 9. The number of nitrogens with one attached hydrogen (secondary N) is 1. The van der Waals surface area contributed by atoms with Crippen molar-refractivity contribution in [3.05, 3.63) is 220 Å². The molecule has 7 aromatic carbocycles. The summed E-state index contributed by atoms with van der Waals surface area (Å²) in [4.78, 5) is 0. The van der Waals surface area contributed by atoms with Crippen molar-refractivity contribution in [3.63, 3.8) is 0 Å². The van der Waals surface area contributed by atoms with Crippen molar-refractivity contribution in [3.8, 4) is 28.3 Å². The molecule has 1 N–H and O–H groups in total. The molecule has 0 saturated carbocycles. The van der Waals surface area contributed by atoms with Crippen molar-refractivity contribution >= 4 is 11.5 Å². The minimum absolute atomic E-state index is 0.00624. The summed E-state index contributed by atoms with van der Waals surface area (Å²) in [6, 6.07) is 63.9. The van der Waals surface area contributed by atoms with E-state index in [0.717, 1.165) is 17.1 Å². The Morgan fingerprint density at radius 1 is 0.519 bits per heavy atom. The molecule has 3 nitrogen and oxygen atoms in total. The van der Waals surface area contributed by atoms with Crippen LogP contribution in [0.3, 0.4) is 0 Å². The first-order valence-electron chi connectivity index (χ1n) is 18.0. The highest BCUT2D eigenvalue weighted by molar-refractivity contribution is 5.98. The molecule has 1 unspecified atom stereocenters. The first-order chi connectivity index (χ1) is 25.5. The molecule has 52 heavy (non-hydrogen) atoms. The Bertz CT molecular complexity index is 2570. The highest BCUT2D eigenvalue weighted by Gasteiger charge is 2.53. The summed E-state index contributed by atoms with van der Waals surface area (Å²) in [6.07, 6.45) is 0.00624. The standard InChI is InChI=1S/C49H35N3/c1-48(2)41-16-8-10-18-43(41)49(44-19-11-9-17-42(44)48)40-15-7-6-14-38(40)39-29-26-36(30-45(39)49)33-24-27-37(28-25-33)52-46(34-12-4-3-5-13-34)51-47(52)35-22-20-32(31-50)21-23-35/h3-30,46H,1-2H3/p+1. The van der Waals surface area contributed by atoms with Crippen LogP contribution >= 0.6 is 0 Å². The van der Waals surface area contributed by atoms with Crippen LogP contribution in [-0.4, -0.2) is 10.4 Å². The van der Waals surface area contributed by atoms with E-state index in [2.05, 4.69) is 175 Å². The molecule has 0 fully saturated rings. The number of hydrogen-bond donors (Lipinski definition) is 1. The molecule has 1 heterocycles. The summed E-state index contributed by atoms with van der Waals surface area (Å²) in [5.41, 5.74) is 16.7. The molecule has 3 heteroatoms. The Labute approximate surface area is 304 Å². The lowest BCUT2D eigenvalue weighted by molar-refractivity contribution is -0.531. The third kappa shape index (κ3) is 4.16. The molecule has 0 radical (unpaired) electrons. The molecule has 2 aliphatic carbocycles. The molecule has 7 aromatic rings. The van der Waals surface area contributed by atoms with Crippen molar-refractivity contribution in [1.82, 2.24) is 5.32 Å². The van der Waals surface area contributed by atoms with Crippen LogP contribution in [0.1, 0.15) is 70.1 Å². The van der Waals surface area contributed by atoms with Crippen molar-refractivity contribution in [2.75, 3.05) is 0 Å². The van der Waals surface area contributed by atoms with Gasteiger partial charge in [0.1, 0.15) is 5.69 Å². The van der Waals surface area contributed by atoms with Gasteiger partial charge in [-0.15, -0.1) is 0 Å². The number of benzene rings is 7. The van der Waals surface area contributed by atoms with Crippen LogP contribution in [0.25, 0.3) is 22.3 Å². The molecule has 10 rings (SSSR count). The minimum Gasteiger partial charge on any atom is -0.229 e. The lowest BCUT2D eigenvalue weighted by Crippen LogP contribution is -2.51. The predicted molar refractivity (Wildman–Crippen MR) is 209 cm³/mol. The first kappa shape index (κ1) is 30.3. The fourth-order valence-electron chi connectivity index (χ4n) is 9.25. The molecule has 0 bridgehead atoms. The van der Waals surface area contributed by atoms with Gasteiger partial charge in [-0.05, 0) is 98.1 Å². The zero-order valence-electron chi connectivity index (χ0n) is 29.1. The van der Waals surface area contributed by atoms with Gasteiger partial charge >= 0.3 is 0 Å². The van der Waals surface area contributed by atoms with Gasteiger partial charge in [0.15, 0.2) is 0 Å². The summed E-state index contributed by atoms with van der Waals surface area (Å²) in [5.74, 6) is 1.03. The molecule has 0 amide bonds. The quantitative estimate of drug-likeness (QED) is 0.190. The zero-order chi connectivity index (χ0) is 35.0. The maximum atomic E-state index is 9.37. The normalized spacial score (nSPS) is 16.8. The average molecular weight is 667 g/mol. The topological polar surface area (TPSA) is 38.8 Å². The van der Waals surface area contributed by atoms with Gasteiger partial charge in [-0.3, -0.25) is 0 Å². The Morgan fingerprint density at radius 2 is 1.06 bits per heavy atom. The number of rotatable bonds is 4. The molecule has 246 valence electrons. The first-order valence-corrected chi connectivity index (χ1v) is 18.0. The molecule has 1 atom stereocenters. The summed E-state index contributed by atoms with van der Waals surface area (Å²) in [7, 11) is 0. The summed E-state index contributed by atoms with van der Waals surface area (Å²) in [5, 5.41) is 13.1. The fraction of sp³-hybridized carbons (Fsp3) is 0.102. The maximum absolute atomic E-state index is 9.37. The zero-order valence-corrected chi connectivity index (χ0v) is 29.1. The van der Waals surface area contributed by atoms with Crippen LogP contribution in [-0.2, 0) is 10.8 Å². The maximum Gasteiger partial charge on any atom is 0.289 e. The molecule has 0 saturated heterocycles. The van der Waals surface area contributed by atoms with Crippen molar-refractivity contribution < 1.29 is 4.58 Å². The van der Waals surface area contributed by atoms with E-state index in [4.69, 9.17) is 0 Å². The van der Waals surface area contributed by atoms with Crippen LogP contribution in [0.2, 0.25) is 0 Å². The highest BCUT2D eigenvalue weighted by atomic mass is 15.3. The SMILES string of the molecule is CC1(C)c2ccccc2C2(c3ccccc3-c3ccc(-c4ccc([N+]5=C(c6ccc(C#N)cc6)NC5c5ccccc5)cc4)cc32)c2ccccc21. The van der Waals surface area contributed by atoms with Gasteiger partial charge in [0.2, 0.25) is 0 Å². The second-order valence-corrected chi connectivity index (χ2v) is 14.7. The van der Waals surface area contributed by atoms with E-state index in [0.29, 0.717) is 5.56 Å². The number of hydrogen-bond acceptors (Lipinski definition) is 2. The van der Waals surface area contributed by atoms with Crippen LogP contribution < -0.4 is 5.32 Å². The lowest BCUT2D eigenvalue weighted by Gasteiger charge is -2.46. The third-order valence-corrected chi connectivity index (χ3v) is 11.7. The highest BCUT2D eigenvalue weighted by Crippen LogP contribution is 2.62. The molecular formula is C49H36N3+. The fourth-order valence-corrected chi connectivity index (χ4v) is 9.25. The van der Waals surface area contributed by atoms with E-state index in [1.54, 1.807) is 0 Å². The van der Waals surface area contributed by atoms with Crippen LogP contribution in [0.4, 0.5) is 5.69 Å². The van der Waals surface area contributed by atoms with Gasteiger partial charge in [0.05, 0.1) is 22.6 Å². The summed E-state index contributed by atoms with van der Waals surface area (Å²) >= 11 is 0. The Kier molecular flexibility index (Phi) is 6.57. The van der Waals surface area contributed by atoms with Crippen LogP contribution in [0.15, 0.2) is 170 Å². The average Bonchev–Trinajstić information content (AvgIpc) is 3.48. The third-order valence-electron chi connectivity index (χ3n) is 11.7. The van der Waals surface area contributed by atoms with Crippen molar-refractivity contribution in [1.29, 1.82) is 5.26 Å². The number of amidine groups is 1. The van der Waals surface area contributed by atoms with E-state index < -0.39 is 5.41 Å². The van der Waals surface area contributed by atoms with Gasteiger partial charge in [-0.25, -0.2) is 5.32 Å².